The first-order valence-corrected chi connectivity index (χ1v) is 15.2. The number of amides is 5. The van der Waals surface area contributed by atoms with E-state index in [1.165, 1.54) is 4.90 Å². The largest absolute Gasteiger partial charge is 0.471 e. The van der Waals surface area contributed by atoms with Crippen molar-refractivity contribution in [1.29, 1.82) is 0 Å². The predicted molar refractivity (Wildman–Crippen MR) is 147 cm³/mol. The average Bonchev–Trinajstić information content (AvgIpc) is 3.70. The van der Waals surface area contributed by atoms with Gasteiger partial charge < -0.3 is 26.2 Å². The lowest BCUT2D eigenvalue weighted by atomic mass is 9.91. The Kier molecular flexibility index (Phi) is 9.75. The summed E-state index contributed by atoms with van der Waals surface area (Å²) in [6.07, 6.45) is -0.399. The number of alkyl halides is 3. The van der Waals surface area contributed by atoms with Gasteiger partial charge in [0.05, 0.1) is 6.04 Å². The summed E-state index contributed by atoms with van der Waals surface area (Å²) in [5.41, 5.74) is -0.742. The van der Waals surface area contributed by atoms with E-state index in [2.05, 4.69) is 16.0 Å². The zero-order valence-electron chi connectivity index (χ0n) is 24.9. The van der Waals surface area contributed by atoms with Crippen molar-refractivity contribution in [2.75, 3.05) is 13.1 Å². The first-order valence-electron chi connectivity index (χ1n) is 15.2. The third kappa shape index (κ3) is 7.67. The van der Waals surface area contributed by atoms with Gasteiger partial charge in [0.15, 0.2) is 0 Å². The monoisotopic (exact) mass is 613 g/mol. The molecule has 5 amide bonds. The number of carbonyl (C=O) groups is 6. The molecule has 0 aromatic rings. The Morgan fingerprint density at radius 1 is 0.953 bits per heavy atom. The summed E-state index contributed by atoms with van der Waals surface area (Å²) in [5, 5.41) is 9.82. The molecule has 14 heteroatoms. The zero-order valence-corrected chi connectivity index (χ0v) is 24.9. The predicted octanol–water partition coefficient (Wildman–Crippen LogP) is 1.35. The Labute approximate surface area is 248 Å². The summed E-state index contributed by atoms with van der Waals surface area (Å²) >= 11 is 0. The molecule has 0 aromatic carbocycles. The fraction of sp³-hybridized carbons (Fsp3) is 0.793. The van der Waals surface area contributed by atoms with Crippen molar-refractivity contribution in [1.82, 2.24) is 26.2 Å². The Hall–Kier alpha value is -3.19. The minimum Gasteiger partial charge on any atom is -0.356 e. The van der Waals surface area contributed by atoms with Gasteiger partial charge in [-0.2, -0.15) is 13.2 Å². The van der Waals surface area contributed by atoms with Crippen LogP contribution in [0.4, 0.5) is 13.2 Å². The summed E-state index contributed by atoms with van der Waals surface area (Å²) in [6, 6.07) is -3.88. The number of nitrogens with zero attached hydrogens (tertiary/aromatic N) is 1. The van der Waals surface area contributed by atoms with Crippen molar-refractivity contribution in [2.45, 2.75) is 108 Å². The van der Waals surface area contributed by atoms with Crippen molar-refractivity contribution in [3.63, 3.8) is 0 Å². The normalized spacial score (nSPS) is 27.3. The molecule has 4 aliphatic rings. The molecule has 0 spiro atoms. The number of ketones is 1. The second kappa shape index (κ2) is 12.8. The third-order valence-corrected chi connectivity index (χ3v) is 9.15. The lowest BCUT2D eigenvalue weighted by Gasteiger charge is -2.34. The van der Waals surface area contributed by atoms with Gasteiger partial charge in [-0.15, -0.1) is 0 Å². The number of Topliss-reactive ketones (excluding diaryl/α,β-unsaturated/α-hetero) is 1. The van der Waals surface area contributed by atoms with Crippen molar-refractivity contribution >= 4 is 35.3 Å². The summed E-state index contributed by atoms with van der Waals surface area (Å²) in [4.78, 5) is 79.5. The Morgan fingerprint density at radius 3 is 2.21 bits per heavy atom. The molecule has 0 aromatic heterocycles. The fourth-order valence-corrected chi connectivity index (χ4v) is 7.15. The number of fused-ring (bicyclic) bond motifs is 1. The molecule has 2 saturated carbocycles. The highest BCUT2D eigenvalue weighted by Gasteiger charge is 2.53. The van der Waals surface area contributed by atoms with Crippen LogP contribution in [-0.2, 0) is 28.8 Å². The van der Waals surface area contributed by atoms with Crippen LogP contribution < -0.4 is 21.3 Å². The van der Waals surface area contributed by atoms with Crippen LogP contribution in [0.5, 0.6) is 0 Å². The summed E-state index contributed by atoms with van der Waals surface area (Å²) < 4.78 is 39.7. The molecular weight excluding hydrogens is 571 g/mol. The maximum absolute atomic E-state index is 13.9. The topological polar surface area (TPSA) is 154 Å². The molecule has 2 aliphatic carbocycles. The summed E-state index contributed by atoms with van der Waals surface area (Å²) in [7, 11) is 0. The standard InChI is InChI=1S/C29H42F3N5O6/c1-28(2,3)36-25(41)22(38)19(13-16-11-12-33-23(16)39)34-24(40)21-18-10-6-9-17(18)14-37(21)26(42)20(15-7-4-5-8-15)35-27(43)29(30,31)32/h15-21H,4-14H2,1-3H3,(H,33,39)(H,34,40)(H,35,43)(H,36,41)/t16-,17-,18-,19-,20?,21-/m0/s1. The minimum atomic E-state index is -5.18. The quantitative estimate of drug-likeness (QED) is 0.288. The van der Waals surface area contributed by atoms with Crippen LogP contribution in [0.1, 0.15) is 78.6 Å². The van der Waals surface area contributed by atoms with Gasteiger partial charge in [-0.3, -0.25) is 28.8 Å². The van der Waals surface area contributed by atoms with Crippen molar-refractivity contribution in [2.24, 2.45) is 23.7 Å². The van der Waals surface area contributed by atoms with Crippen LogP contribution in [0.25, 0.3) is 0 Å². The van der Waals surface area contributed by atoms with Crippen molar-refractivity contribution in [3.05, 3.63) is 0 Å². The minimum absolute atomic E-state index is 0.0683. The van der Waals surface area contributed by atoms with E-state index in [1.54, 1.807) is 20.8 Å². The highest BCUT2D eigenvalue weighted by atomic mass is 19.4. The number of hydrogen-bond donors (Lipinski definition) is 4. The fourth-order valence-electron chi connectivity index (χ4n) is 7.15. The molecule has 2 aliphatic heterocycles. The number of rotatable bonds is 9. The van der Waals surface area contributed by atoms with Crippen LogP contribution >= 0.6 is 0 Å². The van der Waals surface area contributed by atoms with Crippen molar-refractivity contribution < 1.29 is 41.9 Å². The number of hydrogen-bond acceptors (Lipinski definition) is 6. The number of carbonyl (C=O) groups excluding carboxylic acids is 6. The molecule has 2 heterocycles. The van der Waals surface area contributed by atoms with Gasteiger partial charge in [-0.1, -0.05) is 19.3 Å². The Balaban J connectivity index is 1.59. The molecule has 2 saturated heterocycles. The number of halogens is 3. The molecule has 11 nitrogen and oxygen atoms in total. The van der Waals surface area contributed by atoms with E-state index in [1.807, 2.05) is 5.32 Å². The van der Waals surface area contributed by atoms with Gasteiger partial charge in [-0.25, -0.2) is 0 Å². The van der Waals surface area contributed by atoms with Crippen LogP contribution in [0.15, 0.2) is 0 Å². The molecule has 6 atom stereocenters. The summed E-state index contributed by atoms with van der Waals surface area (Å²) in [6.45, 7) is 5.61. The molecule has 4 N–H and O–H groups in total. The molecule has 4 rings (SSSR count). The molecule has 0 radical (unpaired) electrons. The molecule has 240 valence electrons. The average molecular weight is 614 g/mol. The van der Waals surface area contributed by atoms with Crippen LogP contribution in [0.2, 0.25) is 0 Å². The third-order valence-electron chi connectivity index (χ3n) is 9.15. The second-order valence-corrected chi connectivity index (χ2v) is 13.4. The molecule has 0 bridgehead atoms. The van der Waals surface area contributed by atoms with Gasteiger partial charge in [0.2, 0.25) is 23.5 Å². The molecule has 1 unspecified atom stereocenters. The maximum Gasteiger partial charge on any atom is 0.471 e. The van der Waals surface area contributed by atoms with E-state index < -0.39 is 71.1 Å². The summed E-state index contributed by atoms with van der Waals surface area (Å²) in [5.74, 6) is -7.27. The van der Waals surface area contributed by atoms with Gasteiger partial charge in [0.25, 0.3) is 5.91 Å². The van der Waals surface area contributed by atoms with Gasteiger partial charge in [-0.05, 0) is 77.0 Å². The molecular formula is C29H42F3N5O6. The van der Waals surface area contributed by atoms with Crippen molar-refractivity contribution in [3.8, 4) is 0 Å². The van der Waals surface area contributed by atoms with Gasteiger partial charge >= 0.3 is 12.1 Å². The lowest BCUT2D eigenvalue weighted by molar-refractivity contribution is -0.175. The van der Waals surface area contributed by atoms with Crippen LogP contribution in [0.3, 0.4) is 0 Å². The number of likely N-dealkylation sites (tertiary alicyclic amines) is 1. The van der Waals surface area contributed by atoms with Crippen LogP contribution in [0, 0.1) is 23.7 Å². The lowest BCUT2D eigenvalue weighted by Crippen LogP contribution is -2.60. The van der Waals surface area contributed by atoms with E-state index in [0.29, 0.717) is 45.1 Å². The van der Waals surface area contributed by atoms with E-state index in [4.69, 9.17) is 0 Å². The van der Waals surface area contributed by atoms with E-state index >= 15 is 0 Å². The number of nitrogens with one attached hydrogen (secondary N) is 4. The maximum atomic E-state index is 13.9. The van der Waals surface area contributed by atoms with E-state index in [9.17, 15) is 41.9 Å². The molecule has 4 fully saturated rings. The first kappa shape index (κ1) is 32.7. The van der Waals surface area contributed by atoms with Crippen LogP contribution in [-0.4, -0.2) is 83.1 Å². The van der Waals surface area contributed by atoms with E-state index in [-0.39, 0.29) is 30.7 Å². The Morgan fingerprint density at radius 2 is 1.63 bits per heavy atom. The highest BCUT2D eigenvalue weighted by molar-refractivity contribution is 6.38. The smallest absolute Gasteiger partial charge is 0.356 e. The van der Waals surface area contributed by atoms with Gasteiger partial charge in [0.1, 0.15) is 12.1 Å². The first-order chi connectivity index (χ1) is 20.1. The molecule has 43 heavy (non-hydrogen) atoms. The Bertz CT molecular complexity index is 1130. The SMILES string of the molecule is CC(C)(C)NC(=O)C(=O)[C@H](C[C@@H]1CCNC1=O)NC(=O)[C@@H]1[C@H]2CCC[C@H]2CN1C(=O)C(NC(=O)C(F)(F)F)C1CCCC1. The second-order valence-electron chi connectivity index (χ2n) is 13.4. The van der Waals surface area contributed by atoms with E-state index in [0.717, 1.165) is 12.8 Å². The highest BCUT2D eigenvalue weighted by Crippen LogP contribution is 2.43. The zero-order chi connectivity index (χ0) is 31.7. The van der Waals surface area contributed by atoms with Gasteiger partial charge in [0, 0.05) is 24.5 Å².